The molecule has 190 valence electrons. The summed E-state index contributed by atoms with van der Waals surface area (Å²) in [6, 6.07) is 23.4. The molecule has 0 atom stereocenters. The van der Waals surface area contributed by atoms with Crippen molar-refractivity contribution in [3.8, 4) is 5.75 Å². The Balaban J connectivity index is 1.42. The molecule has 0 N–H and O–H groups in total. The number of para-hydroxylation sites is 2. The lowest BCUT2D eigenvalue weighted by Crippen LogP contribution is -2.27. The Morgan fingerprint density at radius 3 is 2.38 bits per heavy atom. The zero-order chi connectivity index (χ0) is 26.0. The van der Waals surface area contributed by atoms with Crippen LogP contribution in [0.25, 0.3) is 5.70 Å². The minimum absolute atomic E-state index is 0.0563. The predicted molar refractivity (Wildman–Crippen MR) is 149 cm³/mol. The molecule has 2 heterocycles. The highest BCUT2D eigenvalue weighted by Gasteiger charge is 2.31. The first-order chi connectivity index (χ1) is 17.9. The van der Waals surface area contributed by atoms with E-state index in [1.54, 1.807) is 48.2 Å². The SMILES string of the molecule is COc1ccccc1N(C)S(=O)(=O)c1ccc(C(=O)C2=C3SC=C(c4ccccc4)N3CCCC2)cc1. The molecule has 0 amide bonds. The summed E-state index contributed by atoms with van der Waals surface area (Å²) < 4.78 is 33.1. The molecule has 2 aliphatic rings. The molecule has 3 aromatic rings. The van der Waals surface area contributed by atoms with E-state index in [4.69, 9.17) is 4.74 Å². The maximum atomic E-state index is 13.6. The van der Waals surface area contributed by atoms with E-state index in [1.165, 1.54) is 30.6 Å². The lowest BCUT2D eigenvalue weighted by molar-refractivity contribution is 0.102. The van der Waals surface area contributed by atoms with Gasteiger partial charge in [0.1, 0.15) is 5.75 Å². The third-order valence-electron chi connectivity index (χ3n) is 6.68. The third-order valence-corrected chi connectivity index (χ3v) is 9.49. The average Bonchev–Trinajstić information content (AvgIpc) is 3.24. The van der Waals surface area contributed by atoms with Gasteiger partial charge in [0, 0.05) is 30.1 Å². The second-order valence-electron chi connectivity index (χ2n) is 8.88. The van der Waals surface area contributed by atoms with Crippen LogP contribution in [-0.2, 0) is 10.0 Å². The predicted octanol–water partition coefficient (Wildman–Crippen LogP) is 6.15. The highest BCUT2D eigenvalue weighted by Crippen LogP contribution is 2.44. The maximum Gasteiger partial charge on any atom is 0.264 e. The van der Waals surface area contributed by atoms with Crippen molar-refractivity contribution in [3.63, 3.8) is 0 Å². The molecule has 3 aromatic carbocycles. The third kappa shape index (κ3) is 4.79. The summed E-state index contributed by atoms with van der Waals surface area (Å²) in [7, 11) is -0.842. The first-order valence-corrected chi connectivity index (χ1v) is 14.4. The molecular weight excluding hydrogens is 504 g/mol. The van der Waals surface area contributed by atoms with Crippen LogP contribution in [0, 0.1) is 0 Å². The van der Waals surface area contributed by atoms with Gasteiger partial charge in [-0.2, -0.15) is 0 Å². The van der Waals surface area contributed by atoms with Gasteiger partial charge in [-0.1, -0.05) is 54.2 Å². The summed E-state index contributed by atoms with van der Waals surface area (Å²) in [6.45, 7) is 0.867. The number of ketones is 1. The number of ether oxygens (including phenoxy) is 1. The largest absolute Gasteiger partial charge is 0.495 e. The van der Waals surface area contributed by atoms with Crippen LogP contribution in [0.1, 0.15) is 35.2 Å². The zero-order valence-corrected chi connectivity index (χ0v) is 22.4. The van der Waals surface area contributed by atoms with Crippen molar-refractivity contribution in [2.24, 2.45) is 0 Å². The second kappa shape index (κ2) is 10.5. The molecule has 2 aliphatic heterocycles. The Bertz CT molecular complexity index is 1480. The van der Waals surface area contributed by atoms with E-state index in [-0.39, 0.29) is 10.7 Å². The number of thioether (sulfide) groups is 1. The fraction of sp³-hybridized carbons (Fsp3) is 0.207. The minimum atomic E-state index is -3.84. The Morgan fingerprint density at radius 1 is 0.946 bits per heavy atom. The number of rotatable bonds is 7. The molecule has 8 heteroatoms. The lowest BCUT2D eigenvalue weighted by atomic mass is 10.00. The Kier molecular flexibility index (Phi) is 7.13. The number of nitrogens with zero attached hydrogens (tertiary/aromatic N) is 2. The van der Waals surface area contributed by atoms with Crippen LogP contribution < -0.4 is 9.04 Å². The number of sulfonamides is 1. The van der Waals surface area contributed by atoms with Gasteiger partial charge in [-0.15, -0.1) is 0 Å². The van der Waals surface area contributed by atoms with Crippen LogP contribution in [-0.4, -0.2) is 39.8 Å². The Labute approximate surface area is 222 Å². The average molecular weight is 533 g/mol. The molecule has 0 saturated carbocycles. The Hall–Kier alpha value is -3.49. The van der Waals surface area contributed by atoms with E-state index in [0.717, 1.165) is 41.2 Å². The maximum absolute atomic E-state index is 13.6. The van der Waals surface area contributed by atoms with Crippen LogP contribution >= 0.6 is 11.8 Å². The van der Waals surface area contributed by atoms with Gasteiger partial charge in [0.15, 0.2) is 5.78 Å². The van der Waals surface area contributed by atoms with Gasteiger partial charge in [0.25, 0.3) is 10.0 Å². The van der Waals surface area contributed by atoms with Crippen molar-refractivity contribution >= 4 is 39.0 Å². The zero-order valence-electron chi connectivity index (χ0n) is 20.8. The molecule has 6 nitrogen and oxygen atoms in total. The number of allylic oxidation sites excluding steroid dienone is 1. The van der Waals surface area contributed by atoms with E-state index in [2.05, 4.69) is 22.4 Å². The smallest absolute Gasteiger partial charge is 0.264 e. The summed E-state index contributed by atoms with van der Waals surface area (Å²) >= 11 is 1.59. The van der Waals surface area contributed by atoms with Gasteiger partial charge >= 0.3 is 0 Å². The first kappa shape index (κ1) is 25.2. The standard InChI is InChI=1S/C29H28N2O4S2/c1-30(25-13-6-7-14-27(25)35-2)37(33,34)23-17-15-22(16-18-23)28(32)24-12-8-9-19-31-26(20-36-29(24)31)21-10-4-3-5-11-21/h3-7,10-11,13-18,20H,8-9,12,19H2,1-2H3. The van der Waals surface area contributed by atoms with Crippen LogP contribution in [0.3, 0.4) is 0 Å². The number of hydrogen-bond acceptors (Lipinski definition) is 6. The molecular formula is C29H28N2O4S2. The number of carbonyl (C=O) groups is 1. The molecule has 0 aliphatic carbocycles. The van der Waals surface area contributed by atoms with Gasteiger partial charge in [-0.3, -0.25) is 9.10 Å². The number of anilines is 1. The van der Waals surface area contributed by atoms with Crippen molar-refractivity contribution in [3.05, 3.63) is 106 Å². The van der Waals surface area contributed by atoms with Crippen molar-refractivity contribution in [1.29, 1.82) is 0 Å². The van der Waals surface area contributed by atoms with Gasteiger partial charge < -0.3 is 9.64 Å². The van der Waals surface area contributed by atoms with Crippen LogP contribution in [0.5, 0.6) is 5.75 Å². The summed E-state index contributed by atoms with van der Waals surface area (Å²) in [4.78, 5) is 16.0. The Morgan fingerprint density at radius 2 is 1.65 bits per heavy atom. The number of carbonyl (C=O) groups excluding carboxylic acids is 1. The molecule has 0 radical (unpaired) electrons. The van der Waals surface area contributed by atoms with Crippen molar-refractivity contribution in [2.45, 2.75) is 24.2 Å². The summed E-state index contributed by atoms with van der Waals surface area (Å²) in [6.07, 6.45) is 2.63. The number of fused-ring (bicyclic) bond motifs is 1. The number of hydrogen-bond donors (Lipinski definition) is 0. The molecule has 0 fully saturated rings. The summed E-state index contributed by atoms with van der Waals surface area (Å²) in [5.74, 6) is 0.406. The van der Waals surface area contributed by atoms with Gasteiger partial charge in [0.05, 0.1) is 28.4 Å². The fourth-order valence-corrected chi connectivity index (χ4v) is 7.00. The van der Waals surface area contributed by atoms with E-state index in [9.17, 15) is 13.2 Å². The van der Waals surface area contributed by atoms with Crippen LogP contribution in [0.4, 0.5) is 5.69 Å². The fourth-order valence-electron chi connectivity index (χ4n) is 4.66. The normalized spacial score (nSPS) is 15.6. The minimum Gasteiger partial charge on any atom is -0.495 e. The monoisotopic (exact) mass is 532 g/mol. The molecule has 0 spiro atoms. The molecule has 0 bridgehead atoms. The van der Waals surface area contributed by atoms with Crippen LogP contribution in [0.2, 0.25) is 0 Å². The van der Waals surface area contributed by atoms with Gasteiger partial charge in [-0.05, 0) is 61.2 Å². The molecule has 0 aromatic heterocycles. The van der Waals surface area contributed by atoms with E-state index < -0.39 is 10.0 Å². The highest BCUT2D eigenvalue weighted by atomic mass is 32.2. The second-order valence-corrected chi connectivity index (χ2v) is 11.7. The molecule has 37 heavy (non-hydrogen) atoms. The van der Waals surface area contributed by atoms with E-state index >= 15 is 0 Å². The van der Waals surface area contributed by atoms with Crippen molar-refractivity contribution in [1.82, 2.24) is 4.90 Å². The van der Waals surface area contributed by atoms with Crippen molar-refractivity contribution < 1.29 is 17.9 Å². The topological polar surface area (TPSA) is 66.9 Å². The number of Topliss-reactive ketones (excluding diaryl/α,β-unsaturated/α-hetero) is 1. The summed E-state index contributed by atoms with van der Waals surface area (Å²) in [5, 5.41) is 3.10. The molecule has 0 unspecified atom stereocenters. The van der Waals surface area contributed by atoms with Gasteiger partial charge in [0.2, 0.25) is 0 Å². The van der Waals surface area contributed by atoms with Crippen molar-refractivity contribution in [2.75, 3.05) is 25.0 Å². The quantitative estimate of drug-likeness (QED) is 0.340. The lowest BCUT2D eigenvalue weighted by Gasteiger charge is -2.23. The first-order valence-electron chi connectivity index (χ1n) is 12.1. The van der Waals surface area contributed by atoms with E-state index in [0.29, 0.717) is 23.4 Å². The van der Waals surface area contributed by atoms with Gasteiger partial charge in [-0.25, -0.2) is 8.42 Å². The number of methoxy groups -OCH3 is 1. The highest BCUT2D eigenvalue weighted by molar-refractivity contribution is 8.06. The number of benzene rings is 3. The van der Waals surface area contributed by atoms with E-state index in [1.807, 2.05) is 18.2 Å². The van der Waals surface area contributed by atoms with Crippen LogP contribution in [0.15, 0.2) is 99.8 Å². The summed E-state index contributed by atoms with van der Waals surface area (Å²) in [5.41, 5.74) is 3.96. The molecule has 0 saturated heterocycles. The molecule has 5 rings (SSSR count).